The van der Waals surface area contributed by atoms with Crippen LogP contribution in [0.25, 0.3) is 0 Å². The van der Waals surface area contributed by atoms with Gasteiger partial charge in [-0.25, -0.2) is 0 Å². The van der Waals surface area contributed by atoms with E-state index in [0.717, 1.165) is 0 Å². The molecule has 0 unspecified atom stereocenters. The smallest absolute Gasteiger partial charge is 0.397 e. The quantitative estimate of drug-likeness (QED) is 0.822. The molecule has 0 bridgehead atoms. The molecular weight excluding hydrogens is 283 g/mol. The van der Waals surface area contributed by atoms with Gasteiger partial charge in [0.1, 0.15) is 6.54 Å². The largest absolute Gasteiger partial charge is 0.405 e. The summed E-state index contributed by atoms with van der Waals surface area (Å²) in [5.74, 6) is -0.318. The average Bonchev–Trinajstić information content (AvgIpc) is 3.20. The van der Waals surface area contributed by atoms with Crippen LogP contribution in [0.4, 0.5) is 24.5 Å². The number of amides is 1. The van der Waals surface area contributed by atoms with E-state index in [4.69, 9.17) is 5.73 Å². The lowest BCUT2D eigenvalue weighted by Gasteiger charge is -2.27. The van der Waals surface area contributed by atoms with Gasteiger partial charge < -0.3 is 16.0 Å². The zero-order valence-electron chi connectivity index (χ0n) is 11.7. The molecule has 116 valence electrons. The molecule has 1 fully saturated rings. The molecule has 1 aromatic rings. The molecule has 2 rings (SSSR count). The number of nitrogens with zero attached hydrogens (tertiary/aromatic N) is 1. The van der Waals surface area contributed by atoms with E-state index in [9.17, 15) is 18.0 Å². The summed E-state index contributed by atoms with van der Waals surface area (Å²) >= 11 is 0. The molecule has 1 aliphatic rings. The lowest BCUT2D eigenvalue weighted by atomic mass is 10.1. The molecular formula is C14H18F3N3O. The van der Waals surface area contributed by atoms with Gasteiger partial charge in [-0.05, 0) is 38.0 Å². The van der Waals surface area contributed by atoms with Gasteiger partial charge in [0.05, 0.1) is 11.4 Å². The maximum Gasteiger partial charge on any atom is 0.405 e. The molecule has 4 nitrogen and oxygen atoms in total. The fourth-order valence-corrected chi connectivity index (χ4v) is 2.19. The Kier molecular flexibility index (Phi) is 4.29. The summed E-state index contributed by atoms with van der Waals surface area (Å²) in [4.78, 5) is 13.1. The maximum atomic E-state index is 12.7. The van der Waals surface area contributed by atoms with Crippen LogP contribution in [-0.2, 0) is 0 Å². The Morgan fingerprint density at radius 1 is 1.43 bits per heavy atom. The first kappa shape index (κ1) is 15.5. The van der Waals surface area contributed by atoms with Crippen LogP contribution in [0.15, 0.2) is 18.2 Å². The van der Waals surface area contributed by atoms with Crippen LogP contribution in [0.5, 0.6) is 0 Å². The van der Waals surface area contributed by atoms with Gasteiger partial charge in [0.25, 0.3) is 5.91 Å². The number of carbonyl (C=O) groups excluding carboxylic acids is 1. The summed E-state index contributed by atoms with van der Waals surface area (Å²) < 4.78 is 38.2. The highest BCUT2D eigenvalue weighted by Crippen LogP contribution is 2.37. The van der Waals surface area contributed by atoms with Crippen LogP contribution in [0.2, 0.25) is 0 Å². The van der Waals surface area contributed by atoms with Crippen LogP contribution >= 0.6 is 0 Å². The Labute approximate surface area is 121 Å². The van der Waals surface area contributed by atoms with E-state index in [1.165, 1.54) is 23.1 Å². The molecule has 0 saturated heterocycles. The van der Waals surface area contributed by atoms with E-state index < -0.39 is 12.7 Å². The fraction of sp³-hybridized carbons (Fsp3) is 0.500. The number of halogens is 3. The third-order valence-corrected chi connectivity index (χ3v) is 3.28. The average molecular weight is 301 g/mol. The van der Waals surface area contributed by atoms with Crippen molar-refractivity contribution >= 4 is 17.3 Å². The van der Waals surface area contributed by atoms with Gasteiger partial charge in [-0.3, -0.25) is 4.79 Å². The molecule has 0 aromatic heterocycles. The standard InChI is InChI=1S/C14H18F3N3O/c1-2-19-13(21)9-3-6-11(18)12(7-9)20(10-4-5-10)8-14(15,16)17/h3,6-7,10H,2,4-5,8,18H2,1H3,(H,19,21). The van der Waals surface area contributed by atoms with Gasteiger partial charge in [-0.2, -0.15) is 13.2 Å². The molecule has 0 atom stereocenters. The Balaban J connectivity index is 2.31. The molecule has 1 aliphatic carbocycles. The van der Waals surface area contributed by atoms with Crippen LogP contribution in [0, 0.1) is 0 Å². The molecule has 1 aromatic carbocycles. The third-order valence-electron chi connectivity index (χ3n) is 3.28. The fourth-order valence-electron chi connectivity index (χ4n) is 2.19. The van der Waals surface area contributed by atoms with Crippen molar-refractivity contribution in [1.82, 2.24) is 5.32 Å². The number of benzene rings is 1. The minimum atomic E-state index is -4.31. The summed E-state index contributed by atoms with van der Waals surface area (Å²) in [6.07, 6.45) is -2.89. The first-order chi connectivity index (χ1) is 9.81. The van der Waals surface area contributed by atoms with Crippen molar-refractivity contribution in [3.05, 3.63) is 23.8 Å². The van der Waals surface area contributed by atoms with Gasteiger partial charge in [0, 0.05) is 18.2 Å². The summed E-state index contributed by atoms with van der Waals surface area (Å²) in [6, 6.07) is 4.27. The summed E-state index contributed by atoms with van der Waals surface area (Å²) in [7, 11) is 0. The van der Waals surface area contributed by atoms with Gasteiger partial charge in [0.2, 0.25) is 0 Å². The predicted molar refractivity (Wildman–Crippen MR) is 75.3 cm³/mol. The molecule has 21 heavy (non-hydrogen) atoms. The second kappa shape index (κ2) is 5.83. The van der Waals surface area contributed by atoms with Crippen molar-refractivity contribution in [1.29, 1.82) is 0 Å². The van der Waals surface area contributed by atoms with Gasteiger partial charge >= 0.3 is 6.18 Å². The minimum absolute atomic E-state index is 0.154. The van der Waals surface area contributed by atoms with E-state index >= 15 is 0 Å². The molecule has 3 N–H and O–H groups in total. The van der Waals surface area contributed by atoms with Crippen molar-refractivity contribution in [2.75, 3.05) is 23.7 Å². The van der Waals surface area contributed by atoms with Gasteiger partial charge in [-0.1, -0.05) is 0 Å². The number of hydrogen-bond acceptors (Lipinski definition) is 3. The summed E-state index contributed by atoms with van der Waals surface area (Å²) in [6.45, 7) is 1.17. The minimum Gasteiger partial charge on any atom is -0.397 e. The molecule has 0 aliphatic heterocycles. The van der Waals surface area contributed by atoms with E-state index in [0.29, 0.717) is 24.9 Å². The van der Waals surface area contributed by atoms with E-state index in [2.05, 4.69) is 5.32 Å². The van der Waals surface area contributed by atoms with Crippen molar-refractivity contribution in [2.24, 2.45) is 0 Å². The highest BCUT2D eigenvalue weighted by Gasteiger charge is 2.39. The lowest BCUT2D eigenvalue weighted by Crippen LogP contribution is -2.36. The highest BCUT2D eigenvalue weighted by atomic mass is 19.4. The Morgan fingerprint density at radius 2 is 2.10 bits per heavy atom. The Bertz CT molecular complexity index is 527. The normalized spacial score (nSPS) is 14.9. The SMILES string of the molecule is CCNC(=O)c1ccc(N)c(N(CC(F)(F)F)C2CC2)c1. The number of alkyl halides is 3. The zero-order valence-corrected chi connectivity index (χ0v) is 11.7. The first-order valence-electron chi connectivity index (χ1n) is 6.83. The Morgan fingerprint density at radius 3 is 2.62 bits per heavy atom. The van der Waals surface area contributed by atoms with Gasteiger partial charge in [0.15, 0.2) is 0 Å². The second-order valence-electron chi connectivity index (χ2n) is 5.11. The molecule has 0 radical (unpaired) electrons. The number of rotatable bonds is 5. The molecule has 0 spiro atoms. The van der Waals surface area contributed by atoms with Crippen LogP contribution in [0.1, 0.15) is 30.1 Å². The molecule has 0 heterocycles. The highest BCUT2D eigenvalue weighted by molar-refractivity contribution is 5.96. The van der Waals surface area contributed by atoms with Crippen molar-refractivity contribution in [3.63, 3.8) is 0 Å². The van der Waals surface area contributed by atoms with Crippen molar-refractivity contribution < 1.29 is 18.0 Å². The zero-order chi connectivity index (χ0) is 15.6. The van der Waals surface area contributed by atoms with Crippen LogP contribution < -0.4 is 16.0 Å². The molecule has 7 heteroatoms. The van der Waals surface area contributed by atoms with E-state index in [1.807, 2.05) is 0 Å². The number of nitrogen functional groups attached to an aromatic ring is 1. The van der Waals surface area contributed by atoms with Crippen molar-refractivity contribution in [2.45, 2.75) is 32.0 Å². The van der Waals surface area contributed by atoms with Gasteiger partial charge in [-0.15, -0.1) is 0 Å². The van der Waals surface area contributed by atoms with E-state index in [1.54, 1.807) is 6.92 Å². The van der Waals surface area contributed by atoms with Crippen LogP contribution in [-0.4, -0.2) is 31.2 Å². The second-order valence-corrected chi connectivity index (χ2v) is 5.11. The van der Waals surface area contributed by atoms with E-state index in [-0.39, 0.29) is 23.3 Å². The topological polar surface area (TPSA) is 58.4 Å². The third kappa shape index (κ3) is 4.03. The number of hydrogen-bond donors (Lipinski definition) is 2. The number of nitrogens with two attached hydrogens (primary N) is 1. The monoisotopic (exact) mass is 301 g/mol. The summed E-state index contributed by atoms with van der Waals surface area (Å²) in [5.41, 5.74) is 6.65. The first-order valence-corrected chi connectivity index (χ1v) is 6.83. The molecule has 1 amide bonds. The Hall–Kier alpha value is -1.92. The number of anilines is 2. The summed E-state index contributed by atoms with van der Waals surface area (Å²) in [5, 5.41) is 2.62. The van der Waals surface area contributed by atoms with Crippen molar-refractivity contribution in [3.8, 4) is 0 Å². The van der Waals surface area contributed by atoms with Crippen LogP contribution in [0.3, 0.4) is 0 Å². The maximum absolute atomic E-state index is 12.7. The number of nitrogens with one attached hydrogen (secondary N) is 1. The number of carbonyl (C=O) groups is 1. The molecule has 1 saturated carbocycles. The predicted octanol–water partition coefficient (Wildman–Crippen LogP) is 2.55. The lowest BCUT2D eigenvalue weighted by molar-refractivity contribution is -0.119.